The second-order valence-electron chi connectivity index (χ2n) is 7.99. The molecular weight excluding hydrogens is 438 g/mol. The Morgan fingerprint density at radius 2 is 1.94 bits per heavy atom. The molecule has 0 radical (unpaired) electrons. The van der Waals surface area contributed by atoms with E-state index in [2.05, 4.69) is 26.8 Å². The van der Waals surface area contributed by atoms with Gasteiger partial charge in [-0.15, -0.1) is 0 Å². The van der Waals surface area contributed by atoms with E-state index < -0.39 is 0 Å². The molecule has 6 N–H and O–H groups in total. The molecule has 1 aliphatic rings. The van der Waals surface area contributed by atoms with Crippen molar-refractivity contribution in [1.82, 2.24) is 19.8 Å². The lowest BCUT2D eigenvalue weighted by Crippen LogP contribution is -2.33. The van der Waals surface area contributed by atoms with Crippen LogP contribution in [0.4, 0.5) is 5.82 Å². The second kappa shape index (κ2) is 12.1. The van der Waals surface area contributed by atoms with Gasteiger partial charge < -0.3 is 36.3 Å². The number of likely N-dealkylation sites (tertiary alicyclic amines) is 1. The number of methoxy groups -OCH3 is 1. The number of carbonyl (C=O) groups is 1. The lowest BCUT2D eigenvalue weighted by Gasteiger charge is -2.14. The predicted octanol–water partition coefficient (Wildman–Crippen LogP) is 1.00. The molecule has 0 aliphatic carbocycles. The number of amidine groups is 1. The van der Waals surface area contributed by atoms with Gasteiger partial charge >= 0.3 is 0 Å². The highest BCUT2D eigenvalue weighted by atomic mass is 16.5. The summed E-state index contributed by atoms with van der Waals surface area (Å²) in [5.74, 6) is 0.0906. The summed E-state index contributed by atoms with van der Waals surface area (Å²) < 4.78 is 11.7. The van der Waals surface area contributed by atoms with Crippen LogP contribution < -0.4 is 16.8 Å². The van der Waals surface area contributed by atoms with Crippen molar-refractivity contribution < 1.29 is 19.4 Å². The van der Waals surface area contributed by atoms with Crippen molar-refractivity contribution in [1.29, 1.82) is 0 Å². The molecule has 1 fully saturated rings. The van der Waals surface area contributed by atoms with E-state index in [0.717, 1.165) is 25.2 Å². The average Bonchev–Trinajstić information content (AvgIpc) is 3.43. The summed E-state index contributed by atoms with van der Waals surface area (Å²) in [6.45, 7) is 8.13. The molecule has 1 aromatic carbocycles. The van der Waals surface area contributed by atoms with E-state index in [0.29, 0.717) is 18.7 Å². The van der Waals surface area contributed by atoms with Crippen molar-refractivity contribution in [2.45, 2.75) is 19.4 Å². The van der Waals surface area contributed by atoms with Crippen LogP contribution in [0.5, 0.6) is 6.01 Å². The standard InChI is InChI=1S/C23H33N7O4/c1-16(24)19-20(28-22(25)34-14-13-33-2)30(23(32)27-19)15-17-5-7-18(8-6-17)21(31)26-9-12-29-10-3-4-11-29/h5-8H,1,3-4,9-15,24H2,2H3,(H2,25,28)(H,26,31)(H,27,32). The lowest BCUT2D eigenvalue weighted by molar-refractivity contribution is 0.0949. The van der Waals surface area contributed by atoms with E-state index in [1.807, 2.05) is 0 Å². The number of nitrogens with zero attached hydrogens (tertiary/aromatic N) is 4. The third kappa shape index (κ3) is 6.72. The highest BCUT2D eigenvalue weighted by molar-refractivity contribution is 5.94. The number of benzene rings is 1. The molecule has 0 bridgehead atoms. The van der Waals surface area contributed by atoms with Gasteiger partial charge in [0.1, 0.15) is 12.3 Å². The van der Waals surface area contributed by atoms with Crippen LogP contribution in [0.2, 0.25) is 0 Å². The van der Waals surface area contributed by atoms with Crippen LogP contribution in [0.1, 0.15) is 34.5 Å². The van der Waals surface area contributed by atoms with Crippen LogP contribution in [0.3, 0.4) is 0 Å². The van der Waals surface area contributed by atoms with Gasteiger partial charge in [-0.3, -0.25) is 9.36 Å². The predicted molar refractivity (Wildman–Crippen MR) is 130 cm³/mol. The van der Waals surface area contributed by atoms with Gasteiger partial charge in [-0.2, -0.15) is 9.98 Å². The summed E-state index contributed by atoms with van der Waals surface area (Å²) in [5, 5.41) is 13.4. The Morgan fingerprint density at radius 1 is 1.24 bits per heavy atom. The molecule has 1 saturated heterocycles. The molecule has 34 heavy (non-hydrogen) atoms. The van der Waals surface area contributed by atoms with Crippen molar-refractivity contribution in [3.63, 3.8) is 0 Å². The molecule has 1 aromatic heterocycles. The fourth-order valence-electron chi connectivity index (χ4n) is 3.65. The Morgan fingerprint density at radius 3 is 2.59 bits per heavy atom. The van der Waals surface area contributed by atoms with E-state index in [-0.39, 0.29) is 48.3 Å². The second-order valence-corrected chi connectivity index (χ2v) is 7.99. The van der Waals surface area contributed by atoms with Gasteiger partial charge in [0.05, 0.1) is 18.8 Å². The van der Waals surface area contributed by atoms with Gasteiger partial charge in [0, 0.05) is 25.8 Å². The maximum atomic E-state index is 12.4. The quantitative estimate of drug-likeness (QED) is 0.215. The van der Waals surface area contributed by atoms with E-state index in [9.17, 15) is 9.90 Å². The van der Waals surface area contributed by atoms with Crippen LogP contribution >= 0.6 is 0 Å². The Balaban J connectivity index is 1.68. The van der Waals surface area contributed by atoms with Crippen molar-refractivity contribution >= 4 is 23.4 Å². The topological polar surface area (TPSA) is 153 Å². The molecule has 2 heterocycles. The number of hydrogen-bond donors (Lipinski definition) is 4. The number of aromatic nitrogens is 2. The fourth-order valence-corrected chi connectivity index (χ4v) is 3.65. The highest BCUT2D eigenvalue weighted by Gasteiger charge is 2.19. The number of nitrogens with one attached hydrogen (secondary N) is 1. The summed E-state index contributed by atoms with van der Waals surface area (Å²) in [6, 6.07) is 6.66. The molecule has 184 valence electrons. The SMILES string of the molecule is C=C(N)c1nc(O)n(Cc2ccc(C(=O)NCCN3CCCC3)cc2)c1/N=C(\N)OCCOC. The molecule has 0 spiro atoms. The molecule has 0 saturated carbocycles. The first-order chi connectivity index (χ1) is 16.4. The van der Waals surface area contributed by atoms with E-state index in [1.54, 1.807) is 31.4 Å². The Kier molecular flexibility index (Phi) is 8.88. The number of aromatic hydroxyl groups is 1. The van der Waals surface area contributed by atoms with Crippen molar-refractivity contribution in [3.05, 3.63) is 47.7 Å². The van der Waals surface area contributed by atoms with E-state index in [4.69, 9.17) is 20.9 Å². The maximum Gasteiger partial charge on any atom is 0.296 e. The third-order valence-electron chi connectivity index (χ3n) is 5.45. The summed E-state index contributed by atoms with van der Waals surface area (Å²) in [6.07, 6.45) is 2.45. The molecule has 11 nitrogen and oxygen atoms in total. The molecule has 2 aromatic rings. The molecular formula is C23H33N7O4. The number of ether oxygens (including phenoxy) is 2. The summed E-state index contributed by atoms with van der Waals surface area (Å²) in [5.41, 5.74) is 13.4. The summed E-state index contributed by atoms with van der Waals surface area (Å²) in [4.78, 5) is 23.1. The first-order valence-corrected chi connectivity index (χ1v) is 11.2. The zero-order chi connectivity index (χ0) is 24.5. The number of imidazole rings is 1. The van der Waals surface area contributed by atoms with Gasteiger partial charge in [0.2, 0.25) is 0 Å². The Labute approximate surface area is 199 Å². The van der Waals surface area contributed by atoms with Gasteiger partial charge in [-0.1, -0.05) is 18.7 Å². The van der Waals surface area contributed by atoms with Crippen molar-refractivity contribution in [3.8, 4) is 6.01 Å². The zero-order valence-corrected chi connectivity index (χ0v) is 19.5. The van der Waals surface area contributed by atoms with Crippen molar-refractivity contribution in [2.75, 3.05) is 46.5 Å². The number of nitrogens with two attached hydrogens (primary N) is 2. The van der Waals surface area contributed by atoms with Gasteiger partial charge in [0.25, 0.3) is 17.9 Å². The number of carbonyl (C=O) groups excluding carboxylic acids is 1. The number of hydrogen-bond acceptors (Lipinski definition) is 8. The minimum atomic E-state index is -0.297. The minimum absolute atomic E-state index is 0.121. The first-order valence-electron chi connectivity index (χ1n) is 11.2. The molecule has 1 amide bonds. The van der Waals surface area contributed by atoms with Crippen molar-refractivity contribution in [2.24, 2.45) is 16.5 Å². The minimum Gasteiger partial charge on any atom is -0.480 e. The third-order valence-corrected chi connectivity index (χ3v) is 5.45. The molecule has 1 aliphatic heterocycles. The van der Waals surface area contributed by atoms with E-state index >= 15 is 0 Å². The number of rotatable bonds is 11. The monoisotopic (exact) mass is 471 g/mol. The first kappa shape index (κ1) is 25.1. The number of amides is 1. The van der Waals surface area contributed by atoms with E-state index in [1.165, 1.54) is 17.4 Å². The largest absolute Gasteiger partial charge is 0.480 e. The smallest absolute Gasteiger partial charge is 0.296 e. The maximum absolute atomic E-state index is 12.4. The molecule has 0 atom stereocenters. The van der Waals surface area contributed by atoms with Gasteiger partial charge in [-0.05, 0) is 43.6 Å². The Bertz CT molecular complexity index is 1010. The van der Waals surface area contributed by atoms with Crippen LogP contribution in [0.25, 0.3) is 5.70 Å². The highest BCUT2D eigenvalue weighted by Crippen LogP contribution is 2.29. The molecule has 11 heteroatoms. The Hall–Kier alpha value is -3.57. The zero-order valence-electron chi connectivity index (χ0n) is 19.5. The van der Waals surface area contributed by atoms with Crippen LogP contribution in [0.15, 0.2) is 35.8 Å². The van der Waals surface area contributed by atoms with Crippen LogP contribution in [0, 0.1) is 0 Å². The van der Waals surface area contributed by atoms with Crippen LogP contribution in [-0.4, -0.2) is 78.0 Å². The summed E-state index contributed by atoms with van der Waals surface area (Å²) in [7, 11) is 1.55. The average molecular weight is 472 g/mol. The van der Waals surface area contributed by atoms with Gasteiger partial charge in [0.15, 0.2) is 5.82 Å². The number of aliphatic imine (C=N–C) groups is 1. The summed E-state index contributed by atoms with van der Waals surface area (Å²) >= 11 is 0. The normalized spacial score (nSPS) is 14.3. The lowest BCUT2D eigenvalue weighted by atomic mass is 10.1. The van der Waals surface area contributed by atoms with Gasteiger partial charge in [-0.25, -0.2) is 0 Å². The fraction of sp³-hybridized carbons (Fsp3) is 0.435. The molecule has 3 rings (SSSR count). The van der Waals surface area contributed by atoms with Crippen LogP contribution in [-0.2, 0) is 16.0 Å². The molecule has 0 unspecified atom stereocenters.